The Morgan fingerprint density at radius 1 is 1.20 bits per heavy atom. The number of hydrogen-bond acceptors (Lipinski definition) is 6. The first-order valence-electron chi connectivity index (χ1n) is 11.9. The number of amides is 1. The minimum absolute atomic E-state index is 0.286. The molecule has 0 unspecified atom stereocenters. The summed E-state index contributed by atoms with van der Waals surface area (Å²) in [6.07, 6.45) is 7.17. The molecular formula is C26H25N7O2. The van der Waals surface area contributed by atoms with Crippen molar-refractivity contribution in [3.63, 3.8) is 0 Å². The highest BCUT2D eigenvalue weighted by atomic mass is 16.6. The molecule has 1 amide bonds. The smallest absolute Gasteiger partial charge is 0.410 e. The molecule has 2 aliphatic rings. The molecule has 1 saturated carbocycles. The Hall–Kier alpha value is -4.19. The van der Waals surface area contributed by atoms with Crippen LogP contribution in [-0.4, -0.2) is 47.7 Å². The van der Waals surface area contributed by atoms with Crippen LogP contribution in [0.4, 0.5) is 4.79 Å². The fourth-order valence-corrected chi connectivity index (χ4v) is 5.47. The average molecular weight is 468 g/mol. The summed E-state index contributed by atoms with van der Waals surface area (Å²) in [6, 6.07) is 17.6. The van der Waals surface area contributed by atoms with E-state index in [1.807, 2.05) is 55.0 Å². The van der Waals surface area contributed by atoms with Crippen molar-refractivity contribution < 1.29 is 9.53 Å². The number of carbonyl (C=O) groups excluding carboxylic acids is 1. The molecule has 2 aromatic heterocycles. The van der Waals surface area contributed by atoms with Crippen LogP contribution in [0.15, 0.2) is 61.1 Å². The number of carbonyl (C=O) groups is 1. The molecule has 3 heterocycles. The number of aromatic nitrogens is 5. The summed E-state index contributed by atoms with van der Waals surface area (Å²) in [5, 5.41) is 17.7. The largest absolute Gasteiger partial charge is 0.441 e. The molecule has 35 heavy (non-hydrogen) atoms. The van der Waals surface area contributed by atoms with Crippen LogP contribution in [0.5, 0.6) is 0 Å². The van der Waals surface area contributed by atoms with Crippen LogP contribution < -0.4 is 0 Å². The Morgan fingerprint density at radius 2 is 2.09 bits per heavy atom. The lowest BCUT2D eigenvalue weighted by Crippen LogP contribution is -2.40. The molecule has 9 nitrogen and oxygen atoms in total. The first-order chi connectivity index (χ1) is 17.1. The van der Waals surface area contributed by atoms with Crippen LogP contribution in [0.1, 0.15) is 36.9 Å². The quantitative estimate of drug-likeness (QED) is 0.438. The second-order valence-electron chi connectivity index (χ2n) is 9.57. The zero-order valence-electron chi connectivity index (χ0n) is 19.2. The molecule has 0 radical (unpaired) electrons. The normalized spacial score (nSPS) is 22.0. The maximum absolute atomic E-state index is 12.8. The Balaban J connectivity index is 1.14. The van der Waals surface area contributed by atoms with E-state index in [1.54, 1.807) is 15.6 Å². The summed E-state index contributed by atoms with van der Waals surface area (Å²) in [5.74, 6) is 0.360. The van der Waals surface area contributed by atoms with E-state index in [-0.39, 0.29) is 6.09 Å². The predicted molar refractivity (Wildman–Crippen MR) is 127 cm³/mol. The summed E-state index contributed by atoms with van der Waals surface area (Å²) in [6.45, 7) is 1.72. The van der Waals surface area contributed by atoms with Crippen LogP contribution in [0.2, 0.25) is 0 Å². The molecule has 1 aliphatic carbocycles. The van der Waals surface area contributed by atoms with E-state index in [0.29, 0.717) is 24.6 Å². The third-order valence-corrected chi connectivity index (χ3v) is 7.07. The highest BCUT2D eigenvalue weighted by Gasteiger charge is 2.48. The van der Waals surface area contributed by atoms with E-state index < -0.39 is 5.60 Å². The monoisotopic (exact) mass is 467 g/mol. The number of rotatable bonds is 5. The first kappa shape index (κ1) is 21.4. The van der Waals surface area contributed by atoms with E-state index in [0.717, 1.165) is 54.6 Å². The maximum Gasteiger partial charge on any atom is 0.410 e. The van der Waals surface area contributed by atoms with Crippen LogP contribution in [0.3, 0.4) is 0 Å². The Bertz CT molecular complexity index is 1420. The Labute approximate surface area is 202 Å². The minimum Gasteiger partial charge on any atom is -0.441 e. The van der Waals surface area contributed by atoms with E-state index in [9.17, 15) is 10.1 Å². The summed E-state index contributed by atoms with van der Waals surface area (Å²) in [4.78, 5) is 19.0. The number of nitrogens with zero attached hydrogens (tertiary/aromatic N) is 7. The van der Waals surface area contributed by atoms with E-state index in [4.69, 9.17) is 4.74 Å². The molecule has 6 rings (SSSR count). The van der Waals surface area contributed by atoms with Crippen molar-refractivity contribution in [2.45, 2.75) is 44.4 Å². The number of benzene rings is 2. The van der Waals surface area contributed by atoms with Crippen LogP contribution in [0.25, 0.3) is 16.7 Å². The van der Waals surface area contributed by atoms with Crippen LogP contribution in [0, 0.1) is 17.2 Å². The van der Waals surface area contributed by atoms with Gasteiger partial charge in [-0.25, -0.2) is 14.5 Å². The van der Waals surface area contributed by atoms with Crippen molar-refractivity contribution in [3.05, 3.63) is 72.3 Å². The molecule has 2 atom stereocenters. The molecule has 2 aromatic carbocycles. The molecule has 1 saturated heterocycles. The number of para-hydroxylation sites is 1. The predicted octanol–water partition coefficient (Wildman–Crippen LogP) is 4.07. The van der Waals surface area contributed by atoms with Crippen molar-refractivity contribution in [2.75, 3.05) is 6.54 Å². The van der Waals surface area contributed by atoms with Crippen LogP contribution >= 0.6 is 0 Å². The first-order valence-corrected chi connectivity index (χ1v) is 11.9. The molecule has 0 N–H and O–H groups in total. The summed E-state index contributed by atoms with van der Waals surface area (Å²) >= 11 is 0. The highest BCUT2D eigenvalue weighted by Crippen LogP contribution is 2.41. The lowest BCUT2D eigenvalue weighted by Gasteiger charge is -2.36. The van der Waals surface area contributed by atoms with Gasteiger partial charge >= 0.3 is 6.09 Å². The number of ether oxygens (including phenoxy) is 1. The van der Waals surface area contributed by atoms with Gasteiger partial charge in [0.25, 0.3) is 0 Å². The molecule has 2 fully saturated rings. The SMILES string of the molecule is N#Cc1ccc2ncn(C[C@H]3CCC[C@]4(C3)CN(Cc3cn(-c5ccccc5)nn3)C(=O)O4)c2c1. The van der Waals surface area contributed by atoms with Gasteiger partial charge in [0.2, 0.25) is 0 Å². The lowest BCUT2D eigenvalue weighted by molar-refractivity contribution is 0.00415. The van der Waals surface area contributed by atoms with Crippen molar-refractivity contribution in [1.29, 1.82) is 5.26 Å². The fourth-order valence-electron chi connectivity index (χ4n) is 5.47. The van der Waals surface area contributed by atoms with Gasteiger partial charge in [-0.1, -0.05) is 23.4 Å². The van der Waals surface area contributed by atoms with Crippen LogP contribution in [-0.2, 0) is 17.8 Å². The van der Waals surface area contributed by atoms with Crippen molar-refractivity contribution >= 4 is 17.1 Å². The fraction of sp³-hybridized carbons (Fsp3) is 0.346. The van der Waals surface area contributed by atoms with Crippen molar-refractivity contribution in [1.82, 2.24) is 29.4 Å². The van der Waals surface area contributed by atoms with Gasteiger partial charge in [0.15, 0.2) is 0 Å². The van der Waals surface area contributed by atoms with Gasteiger partial charge in [0, 0.05) is 6.54 Å². The molecule has 1 spiro atoms. The topological polar surface area (TPSA) is 102 Å². The standard InChI is InChI=1S/C26H25N7O2/c27-13-19-8-9-23-24(11-19)32(18-28-23)14-20-5-4-10-26(12-20)17-31(25(34)35-26)15-21-16-33(30-29-21)22-6-2-1-3-7-22/h1-3,6-9,11,16,18,20H,4-5,10,12,14-15,17H2/t20-,26-/m0/s1. The second kappa shape index (κ2) is 8.55. The zero-order chi connectivity index (χ0) is 23.8. The number of fused-ring (bicyclic) bond motifs is 1. The second-order valence-corrected chi connectivity index (χ2v) is 9.57. The summed E-state index contributed by atoms with van der Waals surface area (Å²) < 4.78 is 9.84. The van der Waals surface area contributed by atoms with Crippen molar-refractivity contribution in [3.8, 4) is 11.8 Å². The Kier molecular flexibility index (Phi) is 5.21. The van der Waals surface area contributed by atoms with E-state index in [2.05, 4.69) is 25.9 Å². The third-order valence-electron chi connectivity index (χ3n) is 7.07. The number of hydrogen-bond donors (Lipinski definition) is 0. The molecule has 176 valence electrons. The molecule has 1 aliphatic heterocycles. The zero-order valence-corrected chi connectivity index (χ0v) is 19.2. The van der Waals surface area contributed by atoms with Gasteiger partial charge in [-0.2, -0.15) is 5.26 Å². The minimum atomic E-state index is -0.469. The molecule has 4 aromatic rings. The number of imidazole rings is 1. The average Bonchev–Trinajstić information content (AvgIpc) is 3.58. The van der Waals surface area contributed by atoms with Crippen molar-refractivity contribution in [2.24, 2.45) is 5.92 Å². The van der Waals surface area contributed by atoms with Gasteiger partial charge in [-0.05, 0) is 61.9 Å². The molecular weight excluding hydrogens is 442 g/mol. The van der Waals surface area contributed by atoms with Gasteiger partial charge in [-0.3, -0.25) is 4.90 Å². The van der Waals surface area contributed by atoms with E-state index >= 15 is 0 Å². The highest BCUT2D eigenvalue weighted by molar-refractivity contribution is 5.77. The van der Waals surface area contributed by atoms with E-state index in [1.165, 1.54) is 0 Å². The number of nitriles is 1. The summed E-state index contributed by atoms with van der Waals surface area (Å²) in [5.41, 5.74) is 3.67. The maximum atomic E-state index is 12.8. The lowest BCUT2D eigenvalue weighted by atomic mass is 9.78. The van der Waals surface area contributed by atoms with Gasteiger partial charge in [-0.15, -0.1) is 5.10 Å². The summed E-state index contributed by atoms with van der Waals surface area (Å²) in [7, 11) is 0. The van der Waals surface area contributed by atoms with Gasteiger partial charge in [0.1, 0.15) is 11.3 Å². The van der Waals surface area contributed by atoms with Gasteiger partial charge in [0.05, 0.1) is 54.0 Å². The third kappa shape index (κ3) is 4.12. The molecule has 9 heteroatoms. The van der Waals surface area contributed by atoms with Gasteiger partial charge < -0.3 is 9.30 Å². The Morgan fingerprint density at radius 3 is 2.94 bits per heavy atom. The molecule has 0 bridgehead atoms.